The Morgan fingerprint density at radius 3 is 2.45 bits per heavy atom. The summed E-state index contributed by atoms with van der Waals surface area (Å²) in [6.45, 7) is -2.37. The van der Waals surface area contributed by atoms with Gasteiger partial charge in [-0.15, -0.1) is 0 Å². The van der Waals surface area contributed by atoms with Gasteiger partial charge in [-0.1, -0.05) is 11.6 Å². The van der Waals surface area contributed by atoms with Crippen LogP contribution in [0, 0.1) is 11.3 Å². The lowest BCUT2D eigenvalue weighted by molar-refractivity contribution is 0.322. The van der Waals surface area contributed by atoms with E-state index < -0.39 is 29.4 Å². The van der Waals surface area contributed by atoms with E-state index in [9.17, 15) is 22.5 Å². The molecule has 0 saturated heterocycles. The summed E-state index contributed by atoms with van der Waals surface area (Å²) in [6.07, 6.45) is 6.42. The van der Waals surface area contributed by atoms with Crippen LogP contribution in [0.3, 0.4) is 0 Å². The fourth-order valence-electron chi connectivity index (χ4n) is 3.46. The number of rotatable bonds is 7. The van der Waals surface area contributed by atoms with Gasteiger partial charge in [0.25, 0.3) is 0 Å². The Labute approximate surface area is 181 Å². The van der Waals surface area contributed by atoms with Crippen LogP contribution in [-0.2, 0) is 10.0 Å². The number of halogens is 3. The Bertz CT molecular complexity index is 1270. The van der Waals surface area contributed by atoms with Gasteiger partial charge in [-0.25, -0.2) is 36.9 Å². The number of pyridine rings is 1. The summed E-state index contributed by atoms with van der Waals surface area (Å²) >= 11 is 6.08. The van der Waals surface area contributed by atoms with Crippen molar-refractivity contribution in [2.45, 2.75) is 36.2 Å². The van der Waals surface area contributed by atoms with Gasteiger partial charge in [0, 0.05) is 17.6 Å². The lowest BCUT2D eigenvalue weighted by atomic mass is 9.92. The molecule has 1 N–H and O–H groups in total. The molecule has 0 radical (unpaired) electrons. The second-order valence-electron chi connectivity index (χ2n) is 7.18. The summed E-state index contributed by atoms with van der Waals surface area (Å²) in [5.41, 5.74) is 1.30. The molecule has 3 aromatic rings. The first-order valence-corrected chi connectivity index (χ1v) is 11.3. The maximum atomic E-state index is 12.7. The summed E-state index contributed by atoms with van der Waals surface area (Å²) in [7, 11) is -4.21. The van der Waals surface area contributed by atoms with Gasteiger partial charge >= 0.3 is 0 Å². The van der Waals surface area contributed by atoms with Gasteiger partial charge in [0.1, 0.15) is 35.7 Å². The van der Waals surface area contributed by atoms with Crippen LogP contribution in [0.4, 0.5) is 8.78 Å². The maximum absolute atomic E-state index is 12.7. The molecule has 12 heteroatoms. The Balaban J connectivity index is 1.81. The minimum absolute atomic E-state index is 0.108. The molecule has 0 bridgehead atoms. The van der Waals surface area contributed by atoms with Crippen LogP contribution in [0.25, 0.3) is 22.6 Å². The van der Waals surface area contributed by atoms with Crippen molar-refractivity contribution in [2.75, 3.05) is 13.3 Å². The first kappa shape index (κ1) is 21.5. The fraction of sp³-hybridized carbons (Fsp3) is 0.368. The lowest BCUT2D eigenvalue weighted by Crippen LogP contribution is -2.38. The number of nitrogens with zero attached hydrogens (tertiary/aromatic N) is 5. The molecule has 1 aliphatic rings. The van der Waals surface area contributed by atoms with Crippen LogP contribution in [0.1, 0.15) is 30.9 Å². The summed E-state index contributed by atoms with van der Waals surface area (Å²) in [5.74, 6) is 0.143. The van der Waals surface area contributed by atoms with Gasteiger partial charge in [-0.05, 0) is 25.3 Å². The smallest absolute Gasteiger partial charge is 0.244 e. The summed E-state index contributed by atoms with van der Waals surface area (Å²) in [5, 5.41) is 10.8. The molecule has 0 spiro atoms. The molecule has 162 valence electrons. The van der Waals surface area contributed by atoms with Crippen molar-refractivity contribution < 1.29 is 17.2 Å². The second-order valence-corrected chi connectivity index (χ2v) is 9.33. The first-order chi connectivity index (χ1) is 14.9. The Hall–Kier alpha value is -2.68. The molecule has 0 unspecified atom stereocenters. The molecule has 0 aromatic carbocycles. The fourth-order valence-corrected chi connectivity index (χ4v) is 4.71. The molecular weight excluding hydrogens is 450 g/mol. The summed E-state index contributed by atoms with van der Waals surface area (Å²) < 4.78 is 53.9. The normalized spacial score (nSPS) is 14.7. The predicted molar refractivity (Wildman–Crippen MR) is 109 cm³/mol. The van der Waals surface area contributed by atoms with Crippen molar-refractivity contribution in [1.82, 2.24) is 24.2 Å². The van der Waals surface area contributed by atoms with Crippen molar-refractivity contribution in [1.29, 1.82) is 5.26 Å². The molecule has 0 aliphatic heterocycles. The van der Waals surface area contributed by atoms with Crippen molar-refractivity contribution in [2.24, 2.45) is 0 Å². The molecule has 0 amide bonds. The average molecular weight is 467 g/mol. The number of nitriles is 1. The van der Waals surface area contributed by atoms with E-state index in [2.05, 4.69) is 21.0 Å². The van der Waals surface area contributed by atoms with Crippen LogP contribution in [0.5, 0.6) is 0 Å². The number of aromatic nitrogens is 4. The van der Waals surface area contributed by atoms with E-state index in [0.29, 0.717) is 27.3 Å². The minimum atomic E-state index is -4.21. The monoisotopic (exact) mass is 466 g/mol. The van der Waals surface area contributed by atoms with E-state index in [1.165, 1.54) is 6.20 Å². The second kappa shape index (κ2) is 8.45. The number of hydrogen-bond acceptors (Lipinski definition) is 6. The zero-order valence-corrected chi connectivity index (χ0v) is 17.7. The predicted octanol–water partition coefficient (Wildman–Crippen LogP) is 3.33. The molecule has 0 atom stereocenters. The van der Waals surface area contributed by atoms with Crippen LogP contribution < -0.4 is 4.72 Å². The van der Waals surface area contributed by atoms with E-state index in [-0.39, 0.29) is 16.8 Å². The molecule has 1 saturated carbocycles. The SMILES string of the molecule is N#Cc1c(-c2ncc(S(=O)(=O)NC(CF)CF)cn2)n(C2CCC2)c2ncc(Cl)cc12. The van der Waals surface area contributed by atoms with Crippen molar-refractivity contribution in [3.05, 3.63) is 35.2 Å². The summed E-state index contributed by atoms with van der Waals surface area (Å²) in [6, 6.07) is 2.44. The zero-order chi connectivity index (χ0) is 22.2. The Morgan fingerprint density at radius 1 is 1.23 bits per heavy atom. The minimum Gasteiger partial charge on any atom is -0.318 e. The van der Waals surface area contributed by atoms with Crippen molar-refractivity contribution in [3.8, 4) is 17.6 Å². The third-order valence-corrected chi connectivity index (χ3v) is 6.89. The molecule has 1 fully saturated rings. The van der Waals surface area contributed by atoms with E-state index in [0.717, 1.165) is 31.7 Å². The highest BCUT2D eigenvalue weighted by atomic mass is 35.5. The summed E-state index contributed by atoms with van der Waals surface area (Å²) in [4.78, 5) is 12.4. The first-order valence-electron chi connectivity index (χ1n) is 9.45. The maximum Gasteiger partial charge on any atom is 0.244 e. The number of nitrogens with one attached hydrogen (secondary N) is 1. The highest BCUT2D eigenvalue weighted by Crippen LogP contribution is 2.41. The third kappa shape index (κ3) is 3.86. The van der Waals surface area contributed by atoms with Gasteiger partial charge in [-0.2, -0.15) is 5.26 Å². The number of sulfonamides is 1. The Kier molecular flexibility index (Phi) is 5.88. The average Bonchev–Trinajstić information content (AvgIpc) is 3.04. The molecular formula is C19H17ClF2N6O2S. The number of fused-ring (bicyclic) bond motifs is 1. The van der Waals surface area contributed by atoms with Gasteiger partial charge < -0.3 is 4.57 Å². The van der Waals surface area contributed by atoms with Crippen LogP contribution in [-0.4, -0.2) is 47.3 Å². The molecule has 31 heavy (non-hydrogen) atoms. The van der Waals surface area contributed by atoms with Crippen LogP contribution in [0.2, 0.25) is 5.02 Å². The Morgan fingerprint density at radius 2 is 1.90 bits per heavy atom. The molecule has 8 nitrogen and oxygen atoms in total. The molecule has 3 heterocycles. The lowest BCUT2D eigenvalue weighted by Gasteiger charge is -2.29. The number of alkyl halides is 2. The topological polar surface area (TPSA) is 114 Å². The quantitative estimate of drug-likeness (QED) is 0.571. The zero-order valence-electron chi connectivity index (χ0n) is 16.1. The molecule has 4 rings (SSSR count). The van der Waals surface area contributed by atoms with E-state index in [1.807, 2.05) is 9.29 Å². The van der Waals surface area contributed by atoms with Crippen molar-refractivity contribution in [3.63, 3.8) is 0 Å². The van der Waals surface area contributed by atoms with Gasteiger partial charge in [-0.3, -0.25) is 0 Å². The molecule has 3 aromatic heterocycles. The van der Waals surface area contributed by atoms with Crippen molar-refractivity contribution >= 4 is 32.7 Å². The van der Waals surface area contributed by atoms with E-state index in [1.54, 1.807) is 6.07 Å². The third-order valence-electron chi connectivity index (χ3n) is 5.20. The largest absolute Gasteiger partial charge is 0.318 e. The van der Waals surface area contributed by atoms with E-state index >= 15 is 0 Å². The number of hydrogen-bond donors (Lipinski definition) is 1. The van der Waals surface area contributed by atoms with E-state index in [4.69, 9.17) is 11.6 Å². The highest BCUT2D eigenvalue weighted by molar-refractivity contribution is 7.89. The van der Waals surface area contributed by atoms with Gasteiger partial charge in [0.2, 0.25) is 10.0 Å². The standard InChI is InChI=1S/C19H17ClF2N6O2S/c20-11-4-15-16(7-23)17(28(13-2-1-3-13)19(15)26-8-11)18-24-9-14(10-25-18)31(29,30)27-12(5-21)6-22/h4,8-10,12-13,27H,1-3,5-6H2. The van der Waals surface area contributed by atoms with Crippen LogP contribution >= 0.6 is 11.6 Å². The highest BCUT2D eigenvalue weighted by Gasteiger charge is 2.30. The van der Waals surface area contributed by atoms with Gasteiger partial charge in [0.05, 0.1) is 29.0 Å². The van der Waals surface area contributed by atoms with Crippen LogP contribution in [0.15, 0.2) is 29.6 Å². The molecule has 1 aliphatic carbocycles. The van der Waals surface area contributed by atoms with Gasteiger partial charge in [0.15, 0.2) is 5.82 Å².